The summed E-state index contributed by atoms with van der Waals surface area (Å²) in [6, 6.07) is 0. The minimum Gasteiger partial charge on any atom is -0.466 e. The maximum absolute atomic E-state index is 12.4. The van der Waals surface area contributed by atoms with Crippen molar-refractivity contribution in [1.82, 2.24) is 9.55 Å². The Balaban J connectivity index is 2.19. The normalized spacial score (nSPS) is 13.5. The molecular weight excluding hydrogens is 362 g/mol. The van der Waals surface area contributed by atoms with Crippen LogP contribution in [0.15, 0.2) is 4.79 Å². The van der Waals surface area contributed by atoms with Crippen LogP contribution in [0.25, 0.3) is 0 Å². The summed E-state index contributed by atoms with van der Waals surface area (Å²) in [5.74, 6) is -1.80. The second-order valence-corrected chi connectivity index (χ2v) is 5.61. The summed E-state index contributed by atoms with van der Waals surface area (Å²) < 4.78 is 16.2. The van der Waals surface area contributed by atoms with Gasteiger partial charge in [0.05, 0.1) is 19.9 Å². The summed E-state index contributed by atoms with van der Waals surface area (Å²) >= 11 is 0. The summed E-state index contributed by atoms with van der Waals surface area (Å²) in [7, 11) is 0. The van der Waals surface area contributed by atoms with Gasteiger partial charge in [-0.05, 0) is 0 Å². The Hall–Kier alpha value is -3.15. The van der Waals surface area contributed by atoms with Crippen LogP contribution >= 0.6 is 0 Å². The maximum atomic E-state index is 12.4. The summed E-state index contributed by atoms with van der Waals surface area (Å²) in [4.78, 5) is 51.6. The Kier molecular flexibility index (Phi) is 6.34. The van der Waals surface area contributed by atoms with Crippen molar-refractivity contribution in [1.29, 1.82) is 0 Å². The zero-order valence-corrected chi connectivity index (χ0v) is 15.2. The van der Waals surface area contributed by atoms with Gasteiger partial charge in [-0.1, -0.05) is 0 Å². The number of anilines is 3. The summed E-state index contributed by atoms with van der Waals surface area (Å²) in [6.07, 6.45) is -0.819. The summed E-state index contributed by atoms with van der Waals surface area (Å²) in [6.45, 7) is 3.98. The van der Waals surface area contributed by atoms with Crippen molar-refractivity contribution in [2.75, 3.05) is 35.8 Å². The number of rotatable bonds is 7. The average Bonchev–Trinajstić information content (AvgIpc) is 2.96. The number of carbonyl (C=O) groups is 3. The SMILES string of the molecule is CC(=O)OCCCOC(OC(C)=O)N1CNc2c1nc(N)n(C(C)=O)c2=O. The Morgan fingerprint density at radius 3 is 2.52 bits per heavy atom. The first-order chi connectivity index (χ1) is 12.7. The van der Waals surface area contributed by atoms with Gasteiger partial charge in [0.15, 0.2) is 5.82 Å². The second kappa shape index (κ2) is 8.49. The predicted molar refractivity (Wildman–Crippen MR) is 92.9 cm³/mol. The number of aromatic nitrogens is 2. The third-order valence-electron chi connectivity index (χ3n) is 3.48. The minimum atomic E-state index is -1.19. The molecule has 0 amide bonds. The molecule has 148 valence electrons. The lowest BCUT2D eigenvalue weighted by atomic mass is 10.4. The molecule has 0 spiro atoms. The van der Waals surface area contributed by atoms with Gasteiger partial charge in [-0.3, -0.25) is 24.1 Å². The molecule has 0 bridgehead atoms. The van der Waals surface area contributed by atoms with E-state index in [-0.39, 0.29) is 37.3 Å². The highest BCUT2D eigenvalue weighted by Gasteiger charge is 2.33. The van der Waals surface area contributed by atoms with Gasteiger partial charge >= 0.3 is 11.9 Å². The number of carbonyl (C=O) groups excluding carboxylic acids is 3. The van der Waals surface area contributed by atoms with Crippen molar-refractivity contribution in [3.8, 4) is 0 Å². The number of hydrogen-bond donors (Lipinski definition) is 2. The van der Waals surface area contributed by atoms with Crippen molar-refractivity contribution in [2.24, 2.45) is 0 Å². The van der Waals surface area contributed by atoms with Gasteiger partial charge in [0, 0.05) is 27.2 Å². The molecule has 1 aliphatic rings. The minimum absolute atomic E-state index is 0.0417. The monoisotopic (exact) mass is 383 g/mol. The van der Waals surface area contributed by atoms with Gasteiger partial charge in [-0.2, -0.15) is 4.98 Å². The average molecular weight is 383 g/mol. The van der Waals surface area contributed by atoms with Gasteiger partial charge in [-0.25, -0.2) is 4.57 Å². The third kappa shape index (κ3) is 4.73. The molecule has 0 aliphatic carbocycles. The van der Waals surface area contributed by atoms with Gasteiger partial charge in [0.25, 0.3) is 12.0 Å². The molecule has 0 aromatic carbocycles. The van der Waals surface area contributed by atoms with Crippen LogP contribution < -0.4 is 21.5 Å². The number of nitrogens with one attached hydrogen (secondary N) is 1. The van der Waals surface area contributed by atoms with Gasteiger partial charge in [0.2, 0.25) is 11.9 Å². The molecule has 0 saturated carbocycles. The largest absolute Gasteiger partial charge is 0.466 e. The molecule has 27 heavy (non-hydrogen) atoms. The first kappa shape index (κ1) is 20.2. The molecule has 12 nitrogen and oxygen atoms in total. The van der Waals surface area contributed by atoms with Crippen molar-refractivity contribution >= 4 is 35.3 Å². The van der Waals surface area contributed by atoms with Crippen LogP contribution in [-0.2, 0) is 23.8 Å². The van der Waals surface area contributed by atoms with Gasteiger partial charge in [-0.15, -0.1) is 0 Å². The molecule has 0 radical (unpaired) electrons. The van der Waals surface area contributed by atoms with Crippen molar-refractivity contribution < 1.29 is 28.6 Å². The van der Waals surface area contributed by atoms with Crippen LogP contribution in [0.1, 0.15) is 32.0 Å². The van der Waals surface area contributed by atoms with Gasteiger partial charge in [0.1, 0.15) is 5.69 Å². The van der Waals surface area contributed by atoms with Crippen molar-refractivity contribution in [2.45, 2.75) is 33.6 Å². The fraction of sp³-hybridized carbons (Fsp3) is 0.533. The number of ether oxygens (including phenoxy) is 3. The summed E-state index contributed by atoms with van der Waals surface area (Å²) in [5, 5.41) is 2.79. The lowest BCUT2D eigenvalue weighted by Gasteiger charge is -2.27. The summed E-state index contributed by atoms with van der Waals surface area (Å²) in [5.41, 5.74) is 5.09. The van der Waals surface area contributed by atoms with E-state index in [4.69, 9.17) is 19.9 Å². The number of fused-ring (bicyclic) bond motifs is 1. The number of hydrogen-bond acceptors (Lipinski definition) is 11. The molecule has 1 unspecified atom stereocenters. The highest BCUT2D eigenvalue weighted by Crippen LogP contribution is 2.29. The molecule has 1 aliphatic heterocycles. The smallest absolute Gasteiger partial charge is 0.306 e. The molecule has 2 heterocycles. The molecule has 0 saturated heterocycles. The molecule has 1 aromatic heterocycles. The van der Waals surface area contributed by atoms with E-state index in [2.05, 4.69) is 10.3 Å². The number of esters is 2. The van der Waals surface area contributed by atoms with E-state index in [0.717, 1.165) is 4.57 Å². The first-order valence-corrected chi connectivity index (χ1v) is 8.08. The van der Waals surface area contributed by atoms with Crippen LogP contribution in [0.2, 0.25) is 0 Å². The Morgan fingerprint density at radius 1 is 1.22 bits per heavy atom. The Labute approximate surface area is 154 Å². The lowest BCUT2D eigenvalue weighted by molar-refractivity contribution is -0.176. The third-order valence-corrected chi connectivity index (χ3v) is 3.48. The molecule has 3 N–H and O–H groups in total. The van der Waals surface area contributed by atoms with E-state index < -0.39 is 29.8 Å². The van der Waals surface area contributed by atoms with E-state index in [1.807, 2.05) is 0 Å². The maximum Gasteiger partial charge on any atom is 0.306 e. The zero-order valence-electron chi connectivity index (χ0n) is 15.2. The van der Waals surface area contributed by atoms with Crippen LogP contribution in [-0.4, -0.2) is 53.7 Å². The molecule has 0 fully saturated rings. The first-order valence-electron chi connectivity index (χ1n) is 8.08. The van der Waals surface area contributed by atoms with Crippen LogP contribution in [0, 0.1) is 0 Å². The highest BCUT2D eigenvalue weighted by molar-refractivity contribution is 5.82. The van der Waals surface area contributed by atoms with E-state index in [0.29, 0.717) is 6.42 Å². The molecule has 1 atom stereocenters. The Bertz CT molecular complexity index is 806. The van der Waals surface area contributed by atoms with E-state index >= 15 is 0 Å². The fourth-order valence-corrected chi connectivity index (χ4v) is 2.39. The number of nitrogens with zero attached hydrogens (tertiary/aromatic N) is 3. The second-order valence-electron chi connectivity index (χ2n) is 5.61. The van der Waals surface area contributed by atoms with Crippen LogP contribution in [0.3, 0.4) is 0 Å². The fourth-order valence-electron chi connectivity index (χ4n) is 2.39. The molecule has 2 rings (SSSR count). The van der Waals surface area contributed by atoms with Crippen molar-refractivity contribution in [3.05, 3.63) is 10.4 Å². The Morgan fingerprint density at radius 2 is 1.93 bits per heavy atom. The van der Waals surface area contributed by atoms with Crippen molar-refractivity contribution in [3.63, 3.8) is 0 Å². The zero-order chi connectivity index (χ0) is 20.1. The molecule has 12 heteroatoms. The molecular formula is C15H21N5O7. The quantitative estimate of drug-likeness (QED) is 0.355. The standard InChI is InChI=1S/C15H21N5O7/c1-8(21)20-13(24)11-12(18-14(20)16)19(7-17-11)15(27-10(3)23)26-6-4-5-25-9(2)22/h15,17H,4-7H2,1-3H3,(H2,16,18). The lowest BCUT2D eigenvalue weighted by Crippen LogP contribution is -2.41. The number of nitrogen functional groups attached to an aromatic ring is 1. The van der Waals surface area contributed by atoms with E-state index in [1.165, 1.54) is 25.7 Å². The number of nitrogens with two attached hydrogens (primary N) is 1. The van der Waals surface area contributed by atoms with E-state index in [1.54, 1.807) is 0 Å². The highest BCUT2D eigenvalue weighted by atomic mass is 16.7. The van der Waals surface area contributed by atoms with Crippen LogP contribution in [0.5, 0.6) is 0 Å². The van der Waals surface area contributed by atoms with Crippen LogP contribution in [0.4, 0.5) is 17.5 Å². The topological polar surface area (TPSA) is 155 Å². The van der Waals surface area contributed by atoms with E-state index in [9.17, 15) is 19.2 Å². The predicted octanol–water partition coefficient (Wildman–Crippen LogP) is -0.508. The van der Waals surface area contributed by atoms with Gasteiger partial charge < -0.3 is 25.3 Å². The molecule has 1 aromatic rings.